The minimum absolute atomic E-state index is 0.0898. The maximum atomic E-state index is 13.9. The first-order chi connectivity index (χ1) is 22.5. The summed E-state index contributed by atoms with van der Waals surface area (Å²) in [5.74, 6) is 0.783. The quantitative estimate of drug-likeness (QED) is 0.148. The van der Waals surface area contributed by atoms with Crippen LogP contribution in [0.5, 0.6) is 5.88 Å². The SMILES string of the molecule is COCC(C(=O)Nc1cccc2c(-c3nc(Nc4cn(C)nc4OC)ncc3C)cn(COCC[Si](C)(C)C)c12)N1CCN(C)CC1. The Balaban J connectivity index is 1.51. The summed E-state index contributed by atoms with van der Waals surface area (Å²) in [6.45, 7) is 13.8. The minimum atomic E-state index is -1.27. The third-order valence-corrected chi connectivity index (χ3v) is 10.2. The standard InChI is InChI=1S/C33H49N9O4Si/c1-23-18-34-33(36-27-20-40(3)38-32(27)45-5)37-29(23)25-19-42(22-46-16-17-47(6,7)8)30-24(25)10-9-11-26(30)35-31(43)28(21-44-4)41-14-12-39(2)13-15-41/h9-11,18-20,28H,12-17,21-22H2,1-8H3,(H,35,43)(H,34,36,37). The lowest BCUT2D eigenvalue weighted by molar-refractivity contribution is -0.124. The highest BCUT2D eigenvalue weighted by Gasteiger charge is 2.29. The Bertz CT molecular complexity index is 1670. The van der Waals surface area contributed by atoms with Crippen molar-refractivity contribution in [3.8, 4) is 17.1 Å². The van der Waals surface area contributed by atoms with Gasteiger partial charge in [-0.05, 0) is 31.6 Å². The van der Waals surface area contributed by atoms with Gasteiger partial charge in [0.2, 0.25) is 11.9 Å². The van der Waals surface area contributed by atoms with Gasteiger partial charge < -0.3 is 34.3 Å². The molecule has 4 heterocycles. The van der Waals surface area contributed by atoms with Crippen molar-refractivity contribution in [2.24, 2.45) is 7.05 Å². The van der Waals surface area contributed by atoms with Crippen molar-refractivity contribution >= 4 is 42.2 Å². The number of aromatic nitrogens is 5. The molecule has 1 aliphatic heterocycles. The minimum Gasteiger partial charge on any atom is -0.478 e. The Labute approximate surface area is 278 Å². The zero-order valence-electron chi connectivity index (χ0n) is 29.0. The predicted molar refractivity (Wildman–Crippen MR) is 188 cm³/mol. The molecular weight excluding hydrogens is 615 g/mol. The number of anilines is 3. The van der Waals surface area contributed by atoms with E-state index in [0.29, 0.717) is 43.1 Å². The largest absolute Gasteiger partial charge is 0.478 e. The smallest absolute Gasteiger partial charge is 0.256 e. The lowest BCUT2D eigenvalue weighted by Crippen LogP contribution is -2.54. The normalized spacial score (nSPS) is 15.2. The molecule has 13 nitrogen and oxygen atoms in total. The molecule has 3 aromatic heterocycles. The van der Waals surface area contributed by atoms with Crippen molar-refractivity contribution in [3.05, 3.63) is 42.4 Å². The van der Waals surface area contributed by atoms with Crippen molar-refractivity contribution in [2.45, 2.75) is 45.4 Å². The van der Waals surface area contributed by atoms with E-state index in [9.17, 15) is 4.79 Å². The third kappa shape index (κ3) is 8.37. The van der Waals surface area contributed by atoms with Crippen LogP contribution in [0.4, 0.5) is 17.3 Å². The third-order valence-electron chi connectivity index (χ3n) is 8.45. The highest BCUT2D eigenvalue weighted by Crippen LogP contribution is 2.36. The molecule has 1 atom stereocenters. The van der Waals surface area contributed by atoms with Crippen LogP contribution in [0.25, 0.3) is 22.2 Å². The molecule has 5 rings (SSSR count). The molecule has 1 saturated heterocycles. The van der Waals surface area contributed by atoms with Crippen LogP contribution < -0.4 is 15.4 Å². The number of amides is 1. The van der Waals surface area contributed by atoms with Gasteiger partial charge in [-0.25, -0.2) is 9.97 Å². The molecule has 1 aromatic carbocycles. The van der Waals surface area contributed by atoms with Crippen LogP contribution in [0.3, 0.4) is 0 Å². The summed E-state index contributed by atoms with van der Waals surface area (Å²) in [7, 11) is 5.88. The molecule has 254 valence electrons. The number of piperazine rings is 1. The van der Waals surface area contributed by atoms with Gasteiger partial charge in [0.25, 0.3) is 5.88 Å². The summed E-state index contributed by atoms with van der Waals surface area (Å²) in [6.07, 6.45) is 5.68. The van der Waals surface area contributed by atoms with Gasteiger partial charge in [-0.1, -0.05) is 31.8 Å². The average molecular weight is 664 g/mol. The molecule has 1 aliphatic rings. The van der Waals surface area contributed by atoms with Gasteiger partial charge in [0.1, 0.15) is 18.5 Å². The first-order valence-electron chi connectivity index (χ1n) is 16.1. The fourth-order valence-electron chi connectivity index (χ4n) is 5.75. The molecule has 47 heavy (non-hydrogen) atoms. The van der Waals surface area contributed by atoms with Crippen molar-refractivity contribution < 1.29 is 19.0 Å². The Hall–Kier alpha value is -3.82. The Morgan fingerprint density at radius 2 is 1.83 bits per heavy atom. The van der Waals surface area contributed by atoms with Crippen LogP contribution in [0.15, 0.2) is 36.8 Å². The highest BCUT2D eigenvalue weighted by molar-refractivity contribution is 6.76. The van der Waals surface area contributed by atoms with E-state index in [1.807, 2.05) is 32.3 Å². The summed E-state index contributed by atoms with van der Waals surface area (Å²) in [5.41, 5.74) is 4.86. The van der Waals surface area contributed by atoms with E-state index in [2.05, 4.69) is 74.0 Å². The number of aryl methyl sites for hydroxylation is 2. The van der Waals surface area contributed by atoms with Crippen LogP contribution in [0, 0.1) is 6.92 Å². The van der Waals surface area contributed by atoms with Crippen LogP contribution in [0.1, 0.15) is 5.56 Å². The molecule has 0 bridgehead atoms. The maximum absolute atomic E-state index is 13.9. The fourth-order valence-corrected chi connectivity index (χ4v) is 6.50. The second-order valence-electron chi connectivity index (χ2n) is 13.4. The van der Waals surface area contributed by atoms with E-state index in [4.69, 9.17) is 19.2 Å². The first-order valence-corrected chi connectivity index (χ1v) is 19.8. The molecule has 0 spiro atoms. The zero-order valence-corrected chi connectivity index (χ0v) is 30.0. The Morgan fingerprint density at radius 1 is 1.06 bits per heavy atom. The van der Waals surface area contributed by atoms with Crippen molar-refractivity contribution in [2.75, 3.05) is 71.3 Å². The number of nitrogens with one attached hydrogen (secondary N) is 2. The first kappa shape index (κ1) is 34.5. The van der Waals surface area contributed by atoms with E-state index in [0.717, 1.165) is 59.9 Å². The van der Waals surface area contributed by atoms with Gasteiger partial charge >= 0.3 is 0 Å². The second kappa shape index (κ2) is 14.9. The summed E-state index contributed by atoms with van der Waals surface area (Å²) < 4.78 is 20.9. The van der Waals surface area contributed by atoms with Gasteiger partial charge in [0, 0.05) is 78.4 Å². The molecule has 0 radical (unpaired) electrons. The van der Waals surface area contributed by atoms with E-state index in [-0.39, 0.29) is 5.91 Å². The fraction of sp³-hybridized carbons (Fsp3) is 0.515. The zero-order chi connectivity index (χ0) is 33.7. The van der Waals surface area contributed by atoms with Crippen molar-refractivity contribution in [1.82, 2.24) is 34.1 Å². The van der Waals surface area contributed by atoms with Gasteiger partial charge in [0.15, 0.2) is 0 Å². The molecule has 0 saturated carbocycles. The Morgan fingerprint density at radius 3 is 2.53 bits per heavy atom. The van der Waals surface area contributed by atoms with Gasteiger partial charge in [-0.2, -0.15) is 0 Å². The lowest BCUT2D eigenvalue weighted by Gasteiger charge is -2.36. The van der Waals surface area contributed by atoms with E-state index in [1.54, 1.807) is 25.1 Å². The number of carbonyl (C=O) groups is 1. The molecule has 4 aromatic rings. The number of para-hydroxylation sites is 1. The van der Waals surface area contributed by atoms with E-state index >= 15 is 0 Å². The number of methoxy groups -OCH3 is 2. The van der Waals surface area contributed by atoms with Gasteiger partial charge in [-0.15, -0.1) is 5.10 Å². The second-order valence-corrected chi connectivity index (χ2v) is 19.1. The highest BCUT2D eigenvalue weighted by atomic mass is 28.3. The number of ether oxygens (including phenoxy) is 3. The van der Waals surface area contributed by atoms with Crippen molar-refractivity contribution in [1.29, 1.82) is 0 Å². The molecule has 1 fully saturated rings. The average Bonchev–Trinajstić information content (AvgIpc) is 3.58. The number of carbonyl (C=O) groups excluding carboxylic acids is 1. The van der Waals surface area contributed by atoms with E-state index < -0.39 is 14.1 Å². The lowest BCUT2D eigenvalue weighted by atomic mass is 10.1. The predicted octanol–water partition coefficient (Wildman–Crippen LogP) is 4.41. The number of rotatable bonds is 14. The molecule has 0 aliphatic carbocycles. The summed E-state index contributed by atoms with van der Waals surface area (Å²) in [5, 5.41) is 11.8. The molecule has 1 unspecified atom stereocenters. The van der Waals surface area contributed by atoms with Crippen LogP contribution in [0.2, 0.25) is 25.7 Å². The van der Waals surface area contributed by atoms with Crippen molar-refractivity contribution in [3.63, 3.8) is 0 Å². The van der Waals surface area contributed by atoms with Crippen LogP contribution in [-0.2, 0) is 28.0 Å². The summed E-state index contributed by atoms with van der Waals surface area (Å²) in [6, 6.07) is 6.64. The van der Waals surface area contributed by atoms with Crippen LogP contribution in [-0.4, -0.2) is 115 Å². The molecule has 1 amide bonds. The van der Waals surface area contributed by atoms with Crippen LogP contribution >= 0.6 is 0 Å². The monoisotopic (exact) mass is 663 g/mol. The number of hydrogen-bond acceptors (Lipinski definition) is 10. The molecule has 14 heteroatoms. The molecule has 2 N–H and O–H groups in total. The van der Waals surface area contributed by atoms with E-state index in [1.165, 1.54) is 0 Å². The maximum Gasteiger partial charge on any atom is 0.256 e. The number of fused-ring (bicyclic) bond motifs is 1. The number of benzene rings is 1. The number of likely N-dealkylation sites (N-methyl/N-ethyl adjacent to an activating group) is 1. The van der Waals surface area contributed by atoms with Gasteiger partial charge in [0.05, 0.1) is 36.8 Å². The number of nitrogens with zero attached hydrogens (tertiary/aromatic N) is 7. The van der Waals surface area contributed by atoms with Gasteiger partial charge in [-0.3, -0.25) is 14.4 Å². The molecular formula is C33H49N9O4Si. The topological polar surface area (TPSA) is 124 Å². The summed E-state index contributed by atoms with van der Waals surface area (Å²) in [4.78, 5) is 27.9. The summed E-state index contributed by atoms with van der Waals surface area (Å²) >= 11 is 0. The number of hydrogen-bond donors (Lipinski definition) is 2. The Kier molecular flexibility index (Phi) is 11.0.